The molecule has 8 aromatic rings. The highest BCUT2D eigenvalue weighted by molar-refractivity contribution is 6.09. The molecule has 1 aliphatic heterocycles. The summed E-state index contributed by atoms with van der Waals surface area (Å²) in [5.41, 5.74) is 16.7. The summed E-state index contributed by atoms with van der Waals surface area (Å²) in [6.45, 7) is 0. The molecule has 8 aromatic carbocycles. The molecule has 3 unspecified atom stereocenters. The van der Waals surface area contributed by atoms with Gasteiger partial charge in [0.2, 0.25) is 0 Å². The zero-order chi connectivity index (χ0) is 37.5. The van der Waals surface area contributed by atoms with E-state index in [4.69, 9.17) is 0 Å². The number of nitrogens with one attached hydrogen (secondary N) is 2. The Morgan fingerprint density at radius 1 is 0.509 bits per heavy atom. The van der Waals surface area contributed by atoms with Crippen molar-refractivity contribution in [3.8, 4) is 33.4 Å². The highest BCUT2D eigenvalue weighted by atomic mass is 15.2. The fourth-order valence-corrected chi connectivity index (χ4v) is 10.8. The van der Waals surface area contributed by atoms with Crippen molar-refractivity contribution in [2.24, 2.45) is 5.92 Å². The summed E-state index contributed by atoms with van der Waals surface area (Å²) < 4.78 is 0. The van der Waals surface area contributed by atoms with E-state index in [9.17, 15) is 0 Å². The van der Waals surface area contributed by atoms with Crippen molar-refractivity contribution in [2.45, 2.75) is 36.9 Å². The summed E-state index contributed by atoms with van der Waals surface area (Å²) in [4.78, 5) is 0. The molecule has 272 valence electrons. The quantitative estimate of drug-likeness (QED) is 0.176. The molecule has 57 heavy (non-hydrogen) atoms. The second-order valence-corrected chi connectivity index (χ2v) is 16.4. The molecule has 0 fully saturated rings. The zero-order valence-corrected chi connectivity index (χ0v) is 31.8. The summed E-state index contributed by atoms with van der Waals surface area (Å²) in [6, 6.07) is 64.0. The van der Waals surface area contributed by atoms with E-state index in [2.05, 4.69) is 199 Å². The van der Waals surface area contributed by atoms with Crippen LogP contribution in [0, 0.1) is 5.92 Å². The van der Waals surface area contributed by atoms with E-state index in [0.29, 0.717) is 5.92 Å². The van der Waals surface area contributed by atoms with Gasteiger partial charge in [0.05, 0.1) is 17.6 Å². The molecule has 0 radical (unpaired) electrons. The van der Waals surface area contributed by atoms with Gasteiger partial charge in [0, 0.05) is 5.70 Å². The van der Waals surface area contributed by atoms with Gasteiger partial charge in [-0.3, -0.25) is 5.32 Å². The molecular formula is C55H42N2. The molecule has 1 heterocycles. The van der Waals surface area contributed by atoms with Crippen molar-refractivity contribution in [2.75, 3.05) is 0 Å². The first-order valence-electron chi connectivity index (χ1n) is 20.6. The van der Waals surface area contributed by atoms with E-state index < -0.39 is 5.41 Å². The van der Waals surface area contributed by atoms with Gasteiger partial charge in [-0.25, -0.2) is 0 Å². The normalized spacial score (nSPS) is 19.8. The molecule has 3 atom stereocenters. The summed E-state index contributed by atoms with van der Waals surface area (Å²) in [6.07, 6.45) is 10.7. The van der Waals surface area contributed by atoms with E-state index in [0.717, 1.165) is 12.8 Å². The van der Waals surface area contributed by atoms with Gasteiger partial charge in [-0.2, -0.15) is 0 Å². The maximum atomic E-state index is 4.15. The smallest absolute Gasteiger partial charge is 0.0807 e. The summed E-state index contributed by atoms with van der Waals surface area (Å²) in [5.74, 6) is 0.500. The lowest BCUT2D eigenvalue weighted by molar-refractivity contribution is 0.285. The van der Waals surface area contributed by atoms with Crippen molar-refractivity contribution in [1.29, 1.82) is 0 Å². The topological polar surface area (TPSA) is 24.1 Å². The second-order valence-electron chi connectivity index (χ2n) is 16.4. The highest BCUT2D eigenvalue weighted by Gasteiger charge is 2.53. The third-order valence-corrected chi connectivity index (χ3v) is 13.4. The Balaban J connectivity index is 1.12. The highest BCUT2D eigenvalue weighted by Crippen LogP contribution is 2.65. The van der Waals surface area contributed by atoms with Crippen molar-refractivity contribution in [3.05, 3.63) is 221 Å². The van der Waals surface area contributed by atoms with E-state index in [1.54, 1.807) is 0 Å². The van der Waals surface area contributed by atoms with Crippen LogP contribution < -0.4 is 10.6 Å². The molecule has 4 aliphatic rings. The molecule has 0 aromatic heterocycles. The minimum atomic E-state index is -0.483. The Morgan fingerprint density at radius 3 is 2.02 bits per heavy atom. The number of fused-ring (bicyclic) bond motifs is 13. The molecule has 0 amide bonds. The first-order chi connectivity index (χ1) is 28.3. The van der Waals surface area contributed by atoms with E-state index in [1.807, 2.05) is 0 Å². The molecule has 2 N–H and O–H groups in total. The average Bonchev–Trinajstić information content (AvgIpc) is 3.76. The zero-order valence-electron chi connectivity index (χ0n) is 31.8. The fourth-order valence-electron chi connectivity index (χ4n) is 10.8. The fraction of sp³-hybridized carbons (Fsp3) is 0.127. The van der Waals surface area contributed by atoms with Gasteiger partial charge in [0.1, 0.15) is 0 Å². The predicted octanol–water partition coefficient (Wildman–Crippen LogP) is 13.0. The standard InChI is InChI=1S/C55H42N2/c1-3-16-36(17-4-1)46-32-39-21-9-10-22-42(39)53-52(46)45-30-29-41(33-49(45)55(53)47-25-13-11-23-43(47)44-24-12-14-26-48(44)55)51-34-50(56-54(57-51)37-18-5-2-6-19-37)40-28-27-35-15-7-8-20-38(35)31-40/h1-5,7-17,20-34,37,51,54,56-57H,6,18-19H2. The molecule has 3 aliphatic carbocycles. The maximum absolute atomic E-state index is 4.15. The van der Waals surface area contributed by atoms with Gasteiger partial charge in [0.25, 0.3) is 0 Å². The van der Waals surface area contributed by atoms with Gasteiger partial charge >= 0.3 is 0 Å². The Kier molecular flexibility index (Phi) is 7.34. The van der Waals surface area contributed by atoms with Crippen LogP contribution in [0.1, 0.15) is 58.7 Å². The van der Waals surface area contributed by atoms with Crippen LogP contribution in [0.4, 0.5) is 0 Å². The molecule has 0 bridgehead atoms. The van der Waals surface area contributed by atoms with Crippen molar-refractivity contribution >= 4 is 27.2 Å². The first-order valence-corrected chi connectivity index (χ1v) is 20.6. The number of allylic oxidation sites excluding steroid dienone is 2. The molecule has 2 heteroatoms. The third-order valence-electron chi connectivity index (χ3n) is 13.4. The SMILES string of the molecule is C1=CCC(C2NC(c3ccc4ccccc4c3)=CC(c3ccc4c(c3)C3(c5ccccc5-c5ccccc53)c3c-4c(-c4ccccc4)cc4ccccc34)N2)CC1. The van der Waals surface area contributed by atoms with E-state index in [-0.39, 0.29) is 12.2 Å². The Labute approximate surface area is 334 Å². The lowest BCUT2D eigenvalue weighted by atomic mass is 9.69. The lowest BCUT2D eigenvalue weighted by Gasteiger charge is -2.38. The summed E-state index contributed by atoms with van der Waals surface area (Å²) in [7, 11) is 0. The molecule has 0 saturated carbocycles. The Bertz CT molecular complexity index is 2920. The minimum absolute atomic E-state index is 0.0203. The molecule has 1 spiro atoms. The first kappa shape index (κ1) is 32.7. The minimum Gasteiger partial charge on any atom is -0.369 e. The Hall–Kier alpha value is -6.48. The number of benzene rings is 8. The van der Waals surface area contributed by atoms with Crippen LogP contribution in [0.3, 0.4) is 0 Å². The summed E-state index contributed by atoms with van der Waals surface area (Å²) >= 11 is 0. The Morgan fingerprint density at radius 2 is 1.23 bits per heavy atom. The van der Waals surface area contributed by atoms with Crippen LogP contribution in [0.15, 0.2) is 188 Å². The van der Waals surface area contributed by atoms with E-state index >= 15 is 0 Å². The van der Waals surface area contributed by atoms with Crippen molar-refractivity contribution in [1.82, 2.24) is 10.6 Å². The second kappa shape index (κ2) is 12.8. The van der Waals surface area contributed by atoms with Crippen LogP contribution in [-0.4, -0.2) is 6.17 Å². The maximum Gasteiger partial charge on any atom is 0.0807 e. The van der Waals surface area contributed by atoms with Crippen LogP contribution in [0.25, 0.3) is 60.6 Å². The summed E-state index contributed by atoms with van der Waals surface area (Å²) in [5, 5.41) is 13.3. The molecular weight excluding hydrogens is 689 g/mol. The van der Waals surface area contributed by atoms with Gasteiger partial charge in [-0.1, -0.05) is 170 Å². The van der Waals surface area contributed by atoms with Crippen LogP contribution in [0.2, 0.25) is 0 Å². The largest absolute Gasteiger partial charge is 0.369 e. The molecule has 0 saturated heterocycles. The van der Waals surface area contributed by atoms with Gasteiger partial charge in [0.15, 0.2) is 0 Å². The van der Waals surface area contributed by atoms with Crippen LogP contribution in [-0.2, 0) is 5.41 Å². The van der Waals surface area contributed by atoms with E-state index in [1.165, 1.54) is 100 Å². The van der Waals surface area contributed by atoms with Gasteiger partial charge in [-0.05, 0) is 132 Å². The van der Waals surface area contributed by atoms with Crippen molar-refractivity contribution < 1.29 is 0 Å². The average molecular weight is 731 g/mol. The number of rotatable bonds is 4. The number of hydrogen-bond acceptors (Lipinski definition) is 2. The van der Waals surface area contributed by atoms with Gasteiger partial charge < -0.3 is 5.32 Å². The van der Waals surface area contributed by atoms with Crippen molar-refractivity contribution in [3.63, 3.8) is 0 Å². The van der Waals surface area contributed by atoms with Crippen LogP contribution in [0.5, 0.6) is 0 Å². The predicted molar refractivity (Wildman–Crippen MR) is 237 cm³/mol. The lowest BCUT2D eigenvalue weighted by Crippen LogP contribution is -2.51. The third kappa shape index (κ3) is 4.87. The van der Waals surface area contributed by atoms with Crippen LogP contribution >= 0.6 is 0 Å². The number of hydrogen-bond donors (Lipinski definition) is 2. The molecule has 12 rings (SSSR count). The monoisotopic (exact) mass is 730 g/mol. The van der Waals surface area contributed by atoms with Gasteiger partial charge in [-0.15, -0.1) is 0 Å². The molecule has 2 nitrogen and oxygen atoms in total.